The minimum Gasteiger partial charge on any atom is -0.371 e. The Morgan fingerprint density at radius 1 is 1.38 bits per heavy atom. The third-order valence-corrected chi connectivity index (χ3v) is 3.35. The van der Waals surface area contributed by atoms with E-state index in [1.807, 2.05) is 0 Å². The Kier molecular flexibility index (Phi) is 5.29. The molecule has 90 valence electrons. The summed E-state index contributed by atoms with van der Waals surface area (Å²) in [5, 5.41) is 0. The van der Waals surface area contributed by atoms with E-state index in [-0.39, 0.29) is 0 Å². The molecule has 0 saturated heterocycles. The lowest BCUT2D eigenvalue weighted by Crippen LogP contribution is -2.28. The van der Waals surface area contributed by atoms with Crippen molar-refractivity contribution in [1.82, 2.24) is 0 Å². The lowest BCUT2D eigenvalue weighted by atomic mass is 10.1. The van der Waals surface area contributed by atoms with Crippen LogP contribution in [0, 0.1) is 5.92 Å². The fourth-order valence-corrected chi connectivity index (χ4v) is 2.40. The van der Waals surface area contributed by atoms with Gasteiger partial charge < -0.3 is 10.6 Å². The van der Waals surface area contributed by atoms with E-state index >= 15 is 0 Å². The van der Waals surface area contributed by atoms with Crippen LogP contribution in [0.3, 0.4) is 0 Å². The Morgan fingerprint density at radius 2 is 2.06 bits per heavy atom. The van der Waals surface area contributed by atoms with Crippen molar-refractivity contribution in [3.8, 4) is 0 Å². The Balaban J connectivity index is 3.04. The van der Waals surface area contributed by atoms with Gasteiger partial charge in [0.1, 0.15) is 0 Å². The second-order valence-corrected chi connectivity index (χ2v) is 5.23. The van der Waals surface area contributed by atoms with E-state index in [1.54, 1.807) is 0 Å². The van der Waals surface area contributed by atoms with Crippen LogP contribution in [0.15, 0.2) is 22.7 Å². The van der Waals surface area contributed by atoms with Crippen LogP contribution in [0.2, 0.25) is 0 Å². The standard InChI is InChI=1S/C13H21BrN2/c1-4-16(9-10(2)3)13-7-5-6-12(14)11(13)8-15/h5-7,10H,4,8-9,15H2,1-3H3. The highest BCUT2D eigenvalue weighted by Crippen LogP contribution is 2.27. The first-order valence-electron chi connectivity index (χ1n) is 5.82. The molecule has 1 rings (SSSR count). The molecule has 0 atom stereocenters. The monoisotopic (exact) mass is 284 g/mol. The van der Waals surface area contributed by atoms with E-state index in [0.29, 0.717) is 12.5 Å². The molecule has 1 aromatic rings. The number of halogens is 1. The van der Waals surface area contributed by atoms with Gasteiger partial charge in [-0.3, -0.25) is 0 Å². The molecule has 1 aromatic carbocycles. The summed E-state index contributed by atoms with van der Waals surface area (Å²) >= 11 is 3.56. The van der Waals surface area contributed by atoms with Gasteiger partial charge in [0.25, 0.3) is 0 Å². The molecule has 0 aliphatic rings. The number of rotatable bonds is 5. The van der Waals surface area contributed by atoms with Gasteiger partial charge in [0, 0.05) is 35.4 Å². The highest BCUT2D eigenvalue weighted by Gasteiger charge is 2.12. The molecule has 0 saturated carbocycles. The van der Waals surface area contributed by atoms with Crippen molar-refractivity contribution in [3.63, 3.8) is 0 Å². The third-order valence-electron chi connectivity index (χ3n) is 2.61. The summed E-state index contributed by atoms with van der Waals surface area (Å²) in [5.41, 5.74) is 8.27. The average molecular weight is 285 g/mol. The highest BCUT2D eigenvalue weighted by atomic mass is 79.9. The summed E-state index contributed by atoms with van der Waals surface area (Å²) in [6.45, 7) is 9.32. The molecule has 2 nitrogen and oxygen atoms in total. The lowest BCUT2D eigenvalue weighted by Gasteiger charge is -2.27. The van der Waals surface area contributed by atoms with Crippen molar-refractivity contribution >= 4 is 21.6 Å². The summed E-state index contributed by atoms with van der Waals surface area (Å²) in [6, 6.07) is 6.27. The van der Waals surface area contributed by atoms with Gasteiger partial charge in [-0.2, -0.15) is 0 Å². The fourth-order valence-electron chi connectivity index (χ4n) is 1.88. The van der Waals surface area contributed by atoms with Crippen molar-refractivity contribution < 1.29 is 0 Å². The van der Waals surface area contributed by atoms with Crippen LogP contribution in [0.4, 0.5) is 5.69 Å². The molecule has 0 unspecified atom stereocenters. The third kappa shape index (κ3) is 3.22. The predicted molar refractivity (Wildman–Crippen MR) is 74.8 cm³/mol. The van der Waals surface area contributed by atoms with Gasteiger partial charge in [-0.05, 0) is 25.0 Å². The van der Waals surface area contributed by atoms with Crippen molar-refractivity contribution in [3.05, 3.63) is 28.2 Å². The minimum absolute atomic E-state index is 0.575. The summed E-state index contributed by atoms with van der Waals surface area (Å²) < 4.78 is 1.11. The molecule has 0 fully saturated rings. The van der Waals surface area contributed by atoms with Gasteiger partial charge >= 0.3 is 0 Å². The van der Waals surface area contributed by atoms with Crippen LogP contribution in [-0.2, 0) is 6.54 Å². The zero-order valence-corrected chi connectivity index (χ0v) is 11.9. The van der Waals surface area contributed by atoms with Crippen LogP contribution in [-0.4, -0.2) is 13.1 Å². The number of nitrogens with zero attached hydrogens (tertiary/aromatic N) is 1. The maximum absolute atomic E-state index is 5.82. The number of anilines is 1. The van der Waals surface area contributed by atoms with E-state index < -0.39 is 0 Å². The van der Waals surface area contributed by atoms with Crippen molar-refractivity contribution in [2.75, 3.05) is 18.0 Å². The topological polar surface area (TPSA) is 29.3 Å². The highest BCUT2D eigenvalue weighted by molar-refractivity contribution is 9.10. The summed E-state index contributed by atoms with van der Waals surface area (Å²) in [5.74, 6) is 0.657. The van der Waals surface area contributed by atoms with E-state index in [0.717, 1.165) is 17.6 Å². The predicted octanol–water partition coefficient (Wildman–Crippen LogP) is 3.39. The van der Waals surface area contributed by atoms with Gasteiger partial charge in [0.2, 0.25) is 0 Å². The van der Waals surface area contributed by atoms with Gasteiger partial charge in [0.05, 0.1) is 0 Å². The molecule has 3 heteroatoms. The molecule has 0 aromatic heterocycles. The number of hydrogen-bond acceptors (Lipinski definition) is 2. The molecule has 0 spiro atoms. The van der Waals surface area contributed by atoms with Crippen LogP contribution in [0.1, 0.15) is 26.3 Å². The first-order chi connectivity index (χ1) is 7.60. The Morgan fingerprint density at radius 3 is 2.56 bits per heavy atom. The van der Waals surface area contributed by atoms with Crippen LogP contribution in [0.25, 0.3) is 0 Å². The molecular formula is C13H21BrN2. The largest absolute Gasteiger partial charge is 0.371 e. The zero-order valence-electron chi connectivity index (χ0n) is 10.3. The molecule has 2 N–H and O–H groups in total. The van der Waals surface area contributed by atoms with Crippen molar-refractivity contribution in [2.24, 2.45) is 11.7 Å². The molecule has 16 heavy (non-hydrogen) atoms. The molecule has 0 bridgehead atoms. The molecule has 0 amide bonds. The second kappa shape index (κ2) is 6.26. The van der Waals surface area contributed by atoms with Crippen molar-refractivity contribution in [2.45, 2.75) is 27.3 Å². The molecule has 0 aliphatic heterocycles. The lowest BCUT2D eigenvalue weighted by molar-refractivity contribution is 0.617. The van der Waals surface area contributed by atoms with E-state index in [9.17, 15) is 0 Å². The average Bonchev–Trinajstić information content (AvgIpc) is 2.25. The van der Waals surface area contributed by atoms with Crippen molar-refractivity contribution in [1.29, 1.82) is 0 Å². The second-order valence-electron chi connectivity index (χ2n) is 4.37. The first-order valence-corrected chi connectivity index (χ1v) is 6.61. The number of hydrogen-bond donors (Lipinski definition) is 1. The minimum atomic E-state index is 0.575. The maximum atomic E-state index is 5.82. The van der Waals surface area contributed by atoms with E-state index in [4.69, 9.17) is 5.73 Å². The summed E-state index contributed by atoms with van der Waals surface area (Å²) in [6.07, 6.45) is 0. The number of benzene rings is 1. The first kappa shape index (κ1) is 13.5. The quantitative estimate of drug-likeness (QED) is 0.898. The van der Waals surface area contributed by atoms with E-state index in [2.05, 4.69) is 59.8 Å². The van der Waals surface area contributed by atoms with Crippen LogP contribution < -0.4 is 10.6 Å². The maximum Gasteiger partial charge on any atom is 0.0423 e. The SMILES string of the molecule is CCN(CC(C)C)c1cccc(Br)c1CN. The van der Waals surface area contributed by atoms with Gasteiger partial charge in [-0.15, -0.1) is 0 Å². The Hall–Kier alpha value is -0.540. The summed E-state index contributed by atoms with van der Waals surface area (Å²) in [7, 11) is 0. The number of nitrogens with two attached hydrogens (primary N) is 1. The smallest absolute Gasteiger partial charge is 0.0423 e. The van der Waals surface area contributed by atoms with Gasteiger partial charge in [0.15, 0.2) is 0 Å². The zero-order chi connectivity index (χ0) is 12.1. The molecular weight excluding hydrogens is 264 g/mol. The van der Waals surface area contributed by atoms with Gasteiger partial charge in [-0.25, -0.2) is 0 Å². The Labute approximate surface area is 107 Å². The molecule has 0 aliphatic carbocycles. The fraction of sp³-hybridized carbons (Fsp3) is 0.538. The van der Waals surface area contributed by atoms with E-state index in [1.165, 1.54) is 11.3 Å². The van der Waals surface area contributed by atoms with Crippen LogP contribution in [0.5, 0.6) is 0 Å². The molecule has 0 radical (unpaired) electrons. The summed E-state index contributed by atoms with van der Waals surface area (Å²) in [4.78, 5) is 2.39. The Bertz CT molecular complexity index is 337. The normalized spacial score (nSPS) is 10.9. The molecule has 0 heterocycles. The van der Waals surface area contributed by atoms with Gasteiger partial charge in [-0.1, -0.05) is 35.8 Å². The van der Waals surface area contributed by atoms with Crippen LogP contribution >= 0.6 is 15.9 Å².